The highest BCUT2D eigenvalue weighted by Crippen LogP contribution is 2.32. The van der Waals surface area contributed by atoms with E-state index in [1.165, 1.54) is 32.1 Å². The molecular weight excluding hydrogens is 228 g/mol. The van der Waals surface area contributed by atoms with Crippen molar-refractivity contribution >= 4 is 5.91 Å². The molecule has 3 rings (SSSR count). The van der Waals surface area contributed by atoms with Gasteiger partial charge < -0.3 is 9.42 Å². The van der Waals surface area contributed by atoms with Crippen LogP contribution in [0.3, 0.4) is 0 Å². The summed E-state index contributed by atoms with van der Waals surface area (Å²) in [7, 11) is 0. The van der Waals surface area contributed by atoms with Gasteiger partial charge >= 0.3 is 0 Å². The predicted molar refractivity (Wildman–Crippen MR) is 67.0 cm³/mol. The Bertz CT molecular complexity index is 421. The van der Waals surface area contributed by atoms with Gasteiger partial charge in [0.05, 0.1) is 12.2 Å². The van der Waals surface area contributed by atoms with Crippen LogP contribution in [0.5, 0.6) is 0 Å². The van der Waals surface area contributed by atoms with Crippen molar-refractivity contribution in [2.24, 2.45) is 0 Å². The van der Waals surface area contributed by atoms with Crippen molar-refractivity contribution in [2.75, 3.05) is 6.54 Å². The number of rotatable bonds is 3. The molecule has 0 spiro atoms. The molecule has 98 valence electrons. The SMILES string of the molecule is O=C1CCCN1Cc1cc(C2CCCCC2)no1. The zero-order chi connectivity index (χ0) is 12.4. The number of nitrogens with zero attached hydrogens (tertiary/aromatic N) is 2. The molecule has 1 amide bonds. The van der Waals surface area contributed by atoms with E-state index in [9.17, 15) is 4.79 Å². The predicted octanol–water partition coefficient (Wildman–Crippen LogP) is 2.84. The molecule has 18 heavy (non-hydrogen) atoms. The summed E-state index contributed by atoms with van der Waals surface area (Å²) in [5.74, 6) is 1.65. The molecule has 0 bridgehead atoms. The fourth-order valence-corrected chi connectivity index (χ4v) is 3.05. The molecule has 1 aliphatic heterocycles. The molecular formula is C14H20N2O2. The third kappa shape index (κ3) is 2.42. The quantitative estimate of drug-likeness (QED) is 0.826. The van der Waals surface area contributed by atoms with Crippen LogP contribution in [0.1, 0.15) is 62.3 Å². The van der Waals surface area contributed by atoms with Crippen LogP contribution in [0.25, 0.3) is 0 Å². The highest BCUT2D eigenvalue weighted by Gasteiger charge is 2.23. The summed E-state index contributed by atoms with van der Waals surface area (Å²) < 4.78 is 5.38. The minimum atomic E-state index is 0.241. The molecule has 1 saturated carbocycles. The second kappa shape index (κ2) is 5.12. The summed E-state index contributed by atoms with van der Waals surface area (Å²) in [4.78, 5) is 13.4. The summed E-state index contributed by atoms with van der Waals surface area (Å²) in [5, 5.41) is 4.19. The molecule has 4 heteroatoms. The Balaban J connectivity index is 1.63. The maximum Gasteiger partial charge on any atom is 0.223 e. The Labute approximate surface area is 107 Å². The van der Waals surface area contributed by atoms with E-state index < -0.39 is 0 Å². The van der Waals surface area contributed by atoms with Crippen molar-refractivity contribution < 1.29 is 9.32 Å². The van der Waals surface area contributed by atoms with Gasteiger partial charge in [0, 0.05) is 24.9 Å². The lowest BCUT2D eigenvalue weighted by Crippen LogP contribution is -2.23. The van der Waals surface area contributed by atoms with E-state index in [-0.39, 0.29) is 5.91 Å². The molecule has 4 nitrogen and oxygen atoms in total. The van der Waals surface area contributed by atoms with Gasteiger partial charge in [-0.15, -0.1) is 0 Å². The monoisotopic (exact) mass is 248 g/mol. The molecule has 2 heterocycles. The summed E-state index contributed by atoms with van der Waals surface area (Å²) in [6.45, 7) is 1.46. The second-order valence-corrected chi connectivity index (χ2v) is 5.47. The van der Waals surface area contributed by atoms with Gasteiger partial charge in [-0.1, -0.05) is 24.4 Å². The van der Waals surface area contributed by atoms with Gasteiger partial charge in [-0.05, 0) is 19.3 Å². The number of aromatic nitrogens is 1. The standard InChI is InChI=1S/C14H20N2O2/c17-14-7-4-8-16(14)10-12-9-13(15-18-12)11-5-2-1-3-6-11/h9,11H,1-8,10H2. The summed E-state index contributed by atoms with van der Waals surface area (Å²) >= 11 is 0. The Hall–Kier alpha value is -1.32. The second-order valence-electron chi connectivity index (χ2n) is 5.47. The van der Waals surface area contributed by atoms with E-state index in [0.29, 0.717) is 18.9 Å². The van der Waals surface area contributed by atoms with Gasteiger partial charge in [0.2, 0.25) is 5.91 Å². The normalized spacial score (nSPS) is 21.8. The molecule has 1 aromatic heterocycles. The van der Waals surface area contributed by atoms with Gasteiger partial charge in [0.25, 0.3) is 0 Å². The summed E-state index contributed by atoms with van der Waals surface area (Å²) in [6.07, 6.45) is 8.08. The first-order valence-corrected chi connectivity index (χ1v) is 7.06. The smallest absolute Gasteiger partial charge is 0.223 e. The molecule has 0 N–H and O–H groups in total. The third-order valence-electron chi connectivity index (χ3n) is 4.12. The van der Waals surface area contributed by atoms with Gasteiger partial charge in [0.1, 0.15) is 0 Å². The summed E-state index contributed by atoms with van der Waals surface area (Å²) in [6, 6.07) is 2.06. The van der Waals surface area contributed by atoms with Gasteiger partial charge in [-0.2, -0.15) is 0 Å². The zero-order valence-corrected chi connectivity index (χ0v) is 10.7. The lowest BCUT2D eigenvalue weighted by molar-refractivity contribution is -0.128. The van der Waals surface area contributed by atoms with Crippen LogP contribution in [-0.4, -0.2) is 22.5 Å². The lowest BCUT2D eigenvalue weighted by Gasteiger charge is -2.18. The number of amides is 1. The van der Waals surface area contributed by atoms with Crippen molar-refractivity contribution in [3.63, 3.8) is 0 Å². The van der Waals surface area contributed by atoms with Crippen LogP contribution in [0.4, 0.5) is 0 Å². The molecule has 0 radical (unpaired) electrons. The molecule has 1 aliphatic carbocycles. The Kier molecular flexibility index (Phi) is 3.35. The molecule has 1 saturated heterocycles. The van der Waals surface area contributed by atoms with E-state index in [0.717, 1.165) is 24.4 Å². The van der Waals surface area contributed by atoms with Crippen LogP contribution in [0.15, 0.2) is 10.6 Å². The van der Waals surface area contributed by atoms with Crippen LogP contribution in [0.2, 0.25) is 0 Å². The Morgan fingerprint density at radius 3 is 2.83 bits per heavy atom. The van der Waals surface area contributed by atoms with Crippen molar-refractivity contribution in [3.05, 3.63) is 17.5 Å². The zero-order valence-electron chi connectivity index (χ0n) is 10.7. The highest BCUT2D eigenvalue weighted by molar-refractivity contribution is 5.77. The maximum atomic E-state index is 11.6. The van der Waals surface area contributed by atoms with Crippen LogP contribution >= 0.6 is 0 Å². The molecule has 2 fully saturated rings. The molecule has 0 aromatic carbocycles. The van der Waals surface area contributed by atoms with Gasteiger partial charge in [-0.25, -0.2) is 0 Å². The van der Waals surface area contributed by atoms with E-state index in [1.54, 1.807) is 0 Å². The van der Waals surface area contributed by atoms with Crippen LogP contribution in [-0.2, 0) is 11.3 Å². The average Bonchev–Trinajstić information content (AvgIpc) is 3.02. The summed E-state index contributed by atoms with van der Waals surface area (Å²) in [5.41, 5.74) is 1.09. The fraction of sp³-hybridized carbons (Fsp3) is 0.714. The van der Waals surface area contributed by atoms with Crippen LogP contribution in [0, 0.1) is 0 Å². The number of carbonyl (C=O) groups excluding carboxylic acids is 1. The van der Waals surface area contributed by atoms with Crippen molar-refractivity contribution in [2.45, 2.75) is 57.4 Å². The largest absolute Gasteiger partial charge is 0.359 e. The number of carbonyl (C=O) groups is 1. The van der Waals surface area contributed by atoms with Crippen molar-refractivity contribution in [1.82, 2.24) is 10.1 Å². The molecule has 0 unspecified atom stereocenters. The van der Waals surface area contributed by atoms with Gasteiger partial charge in [-0.3, -0.25) is 4.79 Å². The minimum absolute atomic E-state index is 0.241. The Morgan fingerprint density at radius 2 is 2.11 bits per heavy atom. The number of hydrogen-bond donors (Lipinski definition) is 0. The van der Waals surface area contributed by atoms with Crippen molar-refractivity contribution in [3.8, 4) is 0 Å². The minimum Gasteiger partial charge on any atom is -0.359 e. The topological polar surface area (TPSA) is 46.3 Å². The molecule has 1 aromatic rings. The lowest BCUT2D eigenvalue weighted by atomic mass is 9.87. The van der Waals surface area contributed by atoms with E-state index in [4.69, 9.17) is 4.52 Å². The molecule has 2 aliphatic rings. The van der Waals surface area contributed by atoms with Crippen LogP contribution < -0.4 is 0 Å². The van der Waals surface area contributed by atoms with E-state index in [2.05, 4.69) is 11.2 Å². The number of hydrogen-bond acceptors (Lipinski definition) is 3. The third-order valence-corrected chi connectivity index (χ3v) is 4.12. The number of likely N-dealkylation sites (tertiary alicyclic amines) is 1. The first-order chi connectivity index (χ1) is 8.83. The molecule has 0 atom stereocenters. The van der Waals surface area contributed by atoms with E-state index in [1.807, 2.05) is 4.90 Å². The Morgan fingerprint density at radius 1 is 1.28 bits per heavy atom. The maximum absolute atomic E-state index is 11.6. The average molecular weight is 248 g/mol. The van der Waals surface area contributed by atoms with Crippen molar-refractivity contribution in [1.29, 1.82) is 0 Å². The van der Waals surface area contributed by atoms with E-state index >= 15 is 0 Å². The van der Waals surface area contributed by atoms with Gasteiger partial charge in [0.15, 0.2) is 5.76 Å². The fourth-order valence-electron chi connectivity index (χ4n) is 3.05. The first-order valence-electron chi connectivity index (χ1n) is 7.06. The first kappa shape index (κ1) is 11.8. The highest BCUT2D eigenvalue weighted by atomic mass is 16.5.